The molecule has 3 aromatic rings. The maximum Gasteiger partial charge on any atom is 0.400 e. The minimum absolute atomic E-state index is 0.0403. The van der Waals surface area contributed by atoms with Gasteiger partial charge in [0.2, 0.25) is 0 Å². The molecule has 0 unspecified atom stereocenters. The van der Waals surface area contributed by atoms with Crippen molar-refractivity contribution < 1.29 is 44.3 Å². The van der Waals surface area contributed by atoms with E-state index in [2.05, 4.69) is 16.9 Å². The molecule has 0 radical (unpaired) electrons. The van der Waals surface area contributed by atoms with E-state index < -0.39 is 47.1 Å². The van der Waals surface area contributed by atoms with Gasteiger partial charge in [0.05, 0.1) is 5.92 Å². The van der Waals surface area contributed by atoms with Crippen molar-refractivity contribution in [2.75, 3.05) is 0 Å². The molecule has 0 bridgehead atoms. The van der Waals surface area contributed by atoms with Gasteiger partial charge < -0.3 is 4.74 Å². The van der Waals surface area contributed by atoms with Gasteiger partial charge in [-0.1, -0.05) is 48.6 Å². The highest BCUT2D eigenvalue weighted by atomic mass is 19.3. The Morgan fingerprint density at radius 2 is 1.18 bits per heavy atom. The standard InChI is InChI=1S/C35H31F9O/c36-29-17-25(22-9-11-24(12-10-22)32(39)34(41)42)13-16-28(29)23-7-3-20(4-8-23)1-2-21-5-14-26(15-6-21)35(43,44)45-27-18-30(37)33(40)31(38)19-27/h1-2,9-13,16-21,23,26H,3-8,14-15H2/b2-1+. The monoisotopic (exact) mass is 638 g/mol. The fourth-order valence-electron chi connectivity index (χ4n) is 6.37. The molecular weight excluding hydrogens is 607 g/mol. The lowest BCUT2D eigenvalue weighted by atomic mass is 9.77. The van der Waals surface area contributed by atoms with Crippen molar-refractivity contribution in [3.05, 3.63) is 107 Å². The van der Waals surface area contributed by atoms with Gasteiger partial charge in [-0.2, -0.15) is 17.6 Å². The average Bonchev–Trinajstić information content (AvgIpc) is 3.02. The van der Waals surface area contributed by atoms with E-state index in [1.165, 1.54) is 30.3 Å². The third-order valence-corrected chi connectivity index (χ3v) is 8.96. The molecular formula is C35H31F9O. The van der Waals surface area contributed by atoms with Gasteiger partial charge in [-0.05, 0) is 91.9 Å². The van der Waals surface area contributed by atoms with Gasteiger partial charge in [0, 0.05) is 17.7 Å². The van der Waals surface area contributed by atoms with Crippen molar-refractivity contribution in [2.45, 2.75) is 63.4 Å². The molecule has 45 heavy (non-hydrogen) atoms. The van der Waals surface area contributed by atoms with Gasteiger partial charge in [0.1, 0.15) is 11.6 Å². The summed E-state index contributed by atoms with van der Waals surface area (Å²) in [6, 6.07) is 11.1. The molecule has 0 atom stereocenters. The van der Waals surface area contributed by atoms with Crippen LogP contribution in [0.25, 0.3) is 17.0 Å². The van der Waals surface area contributed by atoms with Gasteiger partial charge in [0.25, 0.3) is 0 Å². The normalized spacial score (nSPS) is 22.4. The lowest BCUT2D eigenvalue weighted by molar-refractivity contribution is -0.223. The molecule has 0 aromatic heterocycles. The number of rotatable bonds is 8. The van der Waals surface area contributed by atoms with Gasteiger partial charge in [0.15, 0.2) is 23.3 Å². The Labute approximate surface area is 255 Å². The first kappa shape index (κ1) is 32.7. The molecule has 10 heteroatoms. The highest BCUT2D eigenvalue weighted by Crippen LogP contribution is 2.42. The third-order valence-electron chi connectivity index (χ3n) is 8.96. The van der Waals surface area contributed by atoms with E-state index in [-0.39, 0.29) is 42.0 Å². The van der Waals surface area contributed by atoms with Crippen molar-refractivity contribution in [1.82, 2.24) is 0 Å². The zero-order valence-corrected chi connectivity index (χ0v) is 24.1. The van der Waals surface area contributed by atoms with Crippen molar-refractivity contribution in [1.29, 1.82) is 0 Å². The summed E-state index contributed by atoms with van der Waals surface area (Å²) in [5, 5.41) is 0. The number of halogens is 9. The van der Waals surface area contributed by atoms with Crippen molar-refractivity contribution in [3.8, 4) is 16.9 Å². The Morgan fingerprint density at radius 3 is 1.71 bits per heavy atom. The Bertz CT molecular complexity index is 1520. The molecule has 0 amide bonds. The molecule has 1 nitrogen and oxygen atoms in total. The van der Waals surface area contributed by atoms with Crippen LogP contribution in [-0.2, 0) is 0 Å². The first-order valence-corrected chi connectivity index (χ1v) is 14.9. The van der Waals surface area contributed by atoms with E-state index in [1.54, 1.807) is 12.1 Å². The maximum absolute atomic E-state index is 15.1. The summed E-state index contributed by atoms with van der Waals surface area (Å²) in [6.07, 6.45) is 2.70. The Balaban J connectivity index is 1.10. The zero-order valence-electron chi connectivity index (χ0n) is 24.1. The average molecular weight is 639 g/mol. The Kier molecular flexibility index (Phi) is 9.99. The molecule has 0 aliphatic heterocycles. The summed E-state index contributed by atoms with van der Waals surface area (Å²) in [4.78, 5) is 0. The van der Waals surface area contributed by atoms with Crippen LogP contribution in [0, 0.1) is 41.0 Å². The molecule has 3 aromatic carbocycles. The van der Waals surface area contributed by atoms with E-state index in [4.69, 9.17) is 0 Å². The minimum atomic E-state index is -3.66. The van der Waals surface area contributed by atoms with Crippen LogP contribution in [0.4, 0.5) is 39.5 Å². The van der Waals surface area contributed by atoms with Crippen molar-refractivity contribution in [3.63, 3.8) is 0 Å². The summed E-state index contributed by atoms with van der Waals surface area (Å²) in [6.45, 7) is 0. The highest BCUT2D eigenvalue weighted by molar-refractivity contribution is 5.68. The number of alkyl halides is 2. The van der Waals surface area contributed by atoms with E-state index in [9.17, 15) is 35.1 Å². The van der Waals surface area contributed by atoms with Crippen LogP contribution in [0.1, 0.15) is 68.4 Å². The number of allylic oxidation sites excluding steroid dienone is 2. The molecule has 240 valence electrons. The second kappa shape index (κ2) is 13.7. The van der Waals surface area contributed by atoms with Crippen LogP contribution in [0.3, 0.4) is 0 Å². The topological polar surface area (TPSA) is 9.23 Å². The third kappa shape index (κ3) is 7.76. The van der Waals surface area contributed by atoms with Crippen molar-refractivity contribution in [2.24, 2.45) is 17.8 Å². The molecule has 2 saturated carbocycles. The smallest absolute Gasteiger partial charge is 0.400 e. The largest absolute Gasteiger partial charge is 0.432 e. The second-order valence-corrected chi connectivity index (χ2v) is 11.9. The summed E-state index contributed by atoms with van der Waals surface area (Å²) in [5.41, 5.74) is 1.50. The van der Waals surface area contributed by atoms with E-state index >= 15 is 4.39 Å². The summed E-state index contributed by atoms with van der Waals surface area (Å²) in [7, 11) is 0. The molecule has 0 spiro atoms. The molecule has 0 N–H and O–H groups in total. The molecule has 2 aliphatic carbocycles. The van der Waals surface area contributed by atoms with Crippen molar-refractivity contribution >= 4 is 5.83 Å². The summed E-state index contributed by atoms with van der Waals surface area (Å²) >= 11 is 0. The molecule has 2 fully saturated rings. The van der Waals surface area contributed by atoms with Crippen LogP contribution in [-0.4, -0.2) is 6.11 Å². The van der Waals surface area contributed by atoms with Crippen LogP contribution in [0.15, 0.2) is 72.8 Å². The molecule has 0 heterocycles. The lowest BCUT2D eigenvalue weighted by Gasteiger charge is -2.32. The van der Waals surface area contributed by atoms with E-state index in [0.717, 1.165) is 25.7 Å². The number of benzene rings is 3. The second-order valence-electron chi connectivity index (χ2n) is 11.9. The lowest BCUT2D eigenvalue weighted by Crippen LogP contribution is -2.37. The minimum Gasteiger partial charge on any atom is -0.432 e. The van der Waals surface area contributed by atoms with Gasteiger partial charge >= 0.3 is 12.2 Å². The maximum atomic E-state index is 15.1. The first-order chi connectivity index (χ1) is 21.4. The van der Waals surface area contributed by atoms with Crippen LogP contribution >= 0.6 is 0 Å². The zero-order chi connectivity index (χ0) is 32.3. The summed E-state index contributed by atoms with van der Waals surface area (Å²) < 4.78 is 127. The van der Waals surface area contributed by atoms with Crippen LogP contribution in [0.5, 0.6) is 5.75 Å². The van der Waals surface area contributed by atoms with Crippen LogP contribution in [0.2, 0.25) is 0 Å². The van der Waals surface area contributed by atoms with Gasteiger partial charge in [-0.25, -0.2) is 22.0 Å². The number of hydrogen-bond donors (Lipinski definition) is 0. The molecule has 0 saturated heterocycles. The van der Waals surface area contributed by atoms with Crippen LogP contribution < -0.4 is 4.74 Å². The van der Waals surface area contributed by atoms with Gasteiger partial charge in [-0.15, -0.1) is 0 Å². The van der Waals surface area contributed by atoms with E-state index in [1.807, 2.05) is 0 Å². The fourth-order valence-corrected chi connectivity index (χ4v) is 6.37. The Morgan fingerprint density at radius 1 is 0.644 bits per heavy atom. The highest BCUT2D eigenvalue weighted by Gasteiger charge is 2.44. The predicted molar refractivity (Wildman–Crippen MR) is 153 cm³/mol. The Hall–Kier alpha value is -3.69. The van der Waals surface area contributed by atoms with E-state index in [0.29, 0.717) is 41.7 Å². The predicted octanol–water partition coefficient (Wildman–Crippen LogP) is 11.8. The fraction of sp³-hybridized carbons (Fsp3) is 0.371. The SMILES string of the molecule is FC(F)=C(F)c1ccc(-c2ccc(C3CCC(/C=C/C4CCC(C(F)(F)Oc5cc(F)c(F)c(F)c5)CC4)CC3)c(F)c2)cc1. The molecule has 2 aliphatic rings. The molecule has 5 rings (SSSR count). The number of ether oxygens (including phenoxy) is 1. The number of hydrogen-bond acceptors (Lipinski definition) is 1. The van der Waals surface area contributed by atoms with Gasteiger partial charge in [-0.3, -0.25) is 0 Å². The first-order valence-electron chi connectivity index (χ1n) is 14.9. The summed E-state index contributed by atoms with van der Waals surface area (Å²) in [5.74, 6) is -8.35. The quantitative estimate of drug-likeness (QED) is 0.136.